The van der Waals surface area contributed by atoms with Crippen molar-refractivity contribution in [3.63, 3.8) is 0 Å². The number of esters is 1. The molecule has 1 aromatic rings. The van der Waals surface area contributed by atoms with Crippen LogP contribution in [0.4, 0.5) is 4.79 Å². The number of aryl methyl sites for hydroxylation is 1. The van der Waals surface area contributed by atoms with Gasteiger partial charge in [0.2, 0.25) is 0 Å². The zero-order chi connectivity index (χ0) is 16.3. The van der Waals surface area contributed by atoms with E-state index in [0.29, 0.717) is 17.8 Å². The Balaban J connectivity index is 2.49. The quantitative estimate of drug-likeness (QED) is 0.870. The molecule has 0 bridgehead atoms. The average Bonchev–Trinajstić information content (AvgIpc) is 2.54. The lowest BCUT2D eigenvalue weighted by Crippen LogP contribution is -2.47. The number of nitrogens with zero attached hydrogens (tertiary/aromatic N) is 1. The van der Waals surface area contributed by atoms with Gasteiger partial charge in [0, 0.05) is 12.2 Å². The van der Waals surface area contributed by atoms with Gasteiger partial charge in [0.1, 0.15) is 0 Å². The molecule has 1 heterocycles. The number of carbonyl (C=O) groups is 2. The molecule has 2 amide bonds. The summed E-state index contributed by atoms with van der Waals surface area (Å²) in [6.45, 7) is 6.23. The first-order valence-corrected chi connectivity index (χ1v) is 7.49. The number of carbonyl (C=O) groups excluding carboxylic acids is 2. The van der Waals surface area contributed by atoms with E-state index in [2.05, 4.69) is 12.2 Å². The maximum atomic E-state index is 12.2. The van der Waals surface area contributed by atoms with Crippen molar-refractivity contribution < 1.29 is 14.3 Å². The molecule has 0 spiro atoms. The molecule has 1 unspecified atom stereocenters. The standard InChI is InChI=1S/C17H22N2O3/c1-5-12-7-9-13(10-8-12)15-14(16(20)22-4)11(3)19(6-2)17(21)18-15/h7-10,15H,5-6H2,1-4H3,(H,18,21). The summed E-state index contributed by atoms with van der Waals surface area (Å²) in [6.07, 6.45) is 0.944. The number of hydrogen-bond donors (Lipinski definition) is 1. The number of methoxy groups -OCH3 is 1. The van der Waals surface area contributed by atoms with Crippen LogP contribution in [0.2, 0.25) is 0 Å². The number of ether oxygens (including phenoxy) is 1. The maximum absolute atomic E-state index is 12.2. The van der Waals surface area contributed by atoms with Crippen LogP contribution >= 0.6 is 0 Å². The monoisotopic (exact) mass is 302 g/mol. The highest BCUT2D eigenvalue weighted by atomic mass is 16.5. The lowest BCUT2D eigenvalue weighted by Gasteiger charge is -2.34. The minimum Gasteiger partial charge on any atom is -0.466 e. The normalized spacial score (nSPS) is 18.3. The molecule has 5 heteroatoms. The molecule has 2 rings (SSSR count). The molecular weight excluding hydrogens is 280 g/mol. The van der Waals surface area contributed by atoms with E-state index in [4.69, 9.17) is 4.74 Å². The van der Waals surface area contributed by atoms with Gasteiger partial charge in [-0.15, -0.1) is 0 Å². The first-order chi connectivity index (χ1) is 10.5. The van der Waals surface area contributed by atoms with Crippen molar-refractivity contribution in [2.24, 2.45) is 0 Å². The Morgan fingerprint density at radius 1 is 1.27 bits per heavy atom. The Kier molecular flexibility index (Phi) is 4.85. The fraction of sp³-hybridized carbons (Fsp3) is 0.412. The maximum Gasteiger partial charge on any atom is 0.337 e. The van der Waals surface area contributed by atoms with Gasteiger partial charge >= 0.3 is 12.0 Å². The fourth-order valence-corrected chi connectivity index (χ4v) is 2.73. The molecule has 0 saturated heterocycles. The van der Waals surface area contributed by atoms with Crippen LogP contribution in [0, 0.1) is 0 Å². The van der Waals surface area contributed by atoms with E-state index >= 15 is 0 Å². The summed E-state index contributed by atoms with van der Waals surface area (Å²) in [5.74, 6) is -0.416. The van der Waals surface area contributed by atoms with E-state index in [1.54, 1.807) is 11.8 Å². The molecular formula is C17H22N2O3. The van der Waals surface area contributed by atoms with Gasteiger partial charge in [-0.1, -0.05) is 31.2 Å². The summed E-state index contributed by atoms with van der Waals surface area (Å²) in [7, 11) is 1.35. The van der Waals surface area contributed by atoms with E-state index in [0.717, 1.165) is 12.0 Å². The lowest BCUT2D eigenvalue weighted by atomic mass is 9.94. The summed E-state index contributed by atoms with van der Waals surface area (Å²) in [5, 5.41) is 2.90. The number of benzene rings is 1. The van der Waals surface area contributed by atoms with Gasteiger partial charge in [-0.3, -0.25) is 4.90 Å². The smallest absolute Gasteiger partial charge is 0.337 e. The lowest BCUT2D eigenvalue weighted by molar-refractivity contribution is -0.136. The molecule has 1 N–H and O–H groups in total. The van der Waals surface area contributed by atoms with E-state index < -0.39 is 12.0 Å². The molecule has 0 saturated carbocycles. The minimum atomic E-state index is -0.478. The molecule has 0 radical (unpaired) electrons. The number of allylic oxidation sites excluding steroid dienone is 1. The zero-order valence-corrected chi connectivity index (χ0v) is 13.5. The molecule has 0 aliphatic carbocycles. The van der Waals surface area contributed by atoms with Crippen molar-refractivity contribution in [1.29, 1.82) is 0 Å². The summed E-state index contributed by atoms with van der Waals surface area (Å²) in [6, 6.07) is 7.24. The van der Waals surface area contributed by atoms with Crippen molar-refractivity contribution in [1.82, 2.24) is 10.2 Å². The molecule has 1 atom stereocenters. The number of rotatable bonds is 4. The molecule has 118 valence electrons. The van der Waals surface area contributed by atoms with Crippen LogP contribution in [0.5, 0.6) is 0 Å². The van der Waals surface area contributed by atoms with Crippen LogP contribution in [0.1, 0.15) is 37.9 Å². The van der Waals surface area contributed by atoms with Crippen LogP contribution in [-0.4, -0.2) is 30.6 Å². The summed E-state index contributed by atoms with van der Waals surface area (Å²) in [5.41, 5.74) is 3.21. The van der Waals surface area contributed by atoms with Gasteiger partial charge in [-0.25, -0.2) is 9.59 Å². The summed E-state index contributed by atoms with van der Waals surface area (Å²) >= 11 is 0. The van der Waals surface area contributed by atoms with Crippen LogP contribution in [0.25, 0.3) is 0 Å². The van der Waals surface area contributed by atoms with Crippen molar-refractivity contribution in [3.05, 3.63) is 46.7 Å². The Bertz CT molecular complexity index is 605. The number of amides is 2. The predicted octanol–water partition coefficient (Wildman–Crippen LogP) is 2.78. The summed E-state index contributed by atoms with van der Waals surface area (Å²) in [4.78, 5) is 26.0. The van der Waals surface area contributed by atoms with E-state index in [9.17, 15) is 9.59 Å². The van der Waals surface area contributed by atoms with Gasteiger partial charge in [0.25, 0.3) is 0 Å². The van der Waals surface area contributed by atoms with E-state index in [1.165, 1.54) is 12.7 Å². The zero-order valence-electron chi connectivity index (χ0n) is 13.5. The minimum absolute atomic E-state index is 0.197. The third-order valence-corrected chi connectivity index (χ3v) is 4.04. The Hall–Kier alpha value is -2.30. The van der Waals surface area contributed by atoms with Crippen molar-refractivity contribution in [3.8, 4) is 0 Å². The second-order valence-corrected chi connectivity index (χ2v) is 5.21. The van der Waals surface area contributed by atoms with Gasteiger partial charge < -0.3 is 10.1 Å². The highest BCUT2D eigenvalue weighted by Gasteiger charge is 2.35. The van der Waals surface area contributed by atoms with Crippen molar-refractivity contribution in [2.45, 2.75) is 33.2 Å². The Labute approximate surface area is 130 Å². The van der Waals surface area contributed by atoms with E-state index in [1.807, 2.05) is 31.2 Å². The molecule has 0 aromatic heterocycles. The first-order valence-electron chi connectivity index (χ1n) is 7.49. The number of nitrogens with one attached hydrogen (secondary N) is 1. The SMILES string of the molecule is CCc1ccc(C2NC(=O)N(CC)C(C)=C2C(=O)OC)cc1. The van der Waals surface area contributed by atoms with Crippen LogP contribution in [0.3, 0.4) is 0 Å². The second-order valence-electron chi connectivity index (χ2n) is 5.21. The Morgan fingerprint density at radius 3 is 2.41 bits per heavy atom. The average molecular weight is 302 g/mol. The van der Waals surface area contributed by atoms with Gasteiger partial charge in [0.05, 0.1) is 18.7 Å². The third-order valence-electron chi connectivity index (χ3n) is 4.04. The topological polar surface area (TPSA) is 58.6 Å². The predicted molar refractivity (Wildman–Crippen MR) is 84.2 cm³/mol. The molecule has 0 fully saturated rings. The molecule has 1 aliphatic heterocycles. The molecule has 1 aromatic carbocycles. The van der Waals surface area contributed by atoms with Crippen LogP contribution < -0.4 is 5.32 Å². The van der Waals surface area contributed by atoms with Crippen LogP contribution in [-0.2, 0) is 16.0 Å². The third kappa shape index (κ3) is 2.84. The molecule has 1 aliphatic rings. The van der Waals surface area contributed by atoms with Gasteiger partial charge in [-0.2, -0.15) is 0 Å². The van der Waals surface area contributed by atoms with E-state index in [-0.39, 0.29) is 6.03 Å². The van der Waals surface area contributed by atoms with Gasteiger partial charge in [-0.05, 0) is 31.4 Å². The van der Waals surface area contributed by atoms with Crippen LogP contribution in [0.15, 0.2) is 35.5 Å². The van der Waals surface area contributed by atoms with Crippen molar-refractivity contribution >= 4 is 12.0 Å². The number of hydrogen-bond acceptors (Lipinski definition) is 3. The Morgan fingerprint density at radius 2 is 1.91 bits per heavy atom. The fourth-order valence-electron chi connectivity index (χ4n) is 2.73. The number of urea groups is 1. The highest BCUT2D eigenvalue weighted by molar-refractivity contribution is 5.94. The summed E-state index contributed by atoms with van der Waals surface area (Å²) < 4.78 is 4.91. The first kappa shape index (κ1) is 16.1. The van der Waals surface area contributed by atoms with Gasteiger partial charge in [0.15, 0.2) is 0 Å². The molecule has 22 heavy (non-hydrogen) atoms. The largest absolute Gasteiger partial charge is 0.466 e. The second kappa shape index (κ2) is 6.64. The molecule has 5 nitrogen and oxygen atoms in total. The van der Waals surface area contributed by atoms with Crippen molar-refractivity contribution in [2.75, 3.05) is 13.7 Å². The highest BCUT2D eigenvalue weighted by Crippen LogP contribution is 2.31.